The van der Waals surface area contributed by atoms with Gasteiger partial charge in [0.25, 0.3) is 11.4 Å². The molecule has 0 unspecified atom stereocenters. The maximum atomic E-state index is 13.0. The summed E-state index contributed by atoms with van der Waals surface area (Å²) in [5.41, 5.74) is -0.168. The van der Waals surface area contributed by atoms with Crippen molar-refractivity contribution in [2.24, 2.45) is 0 Å². The Morgan fingerprint density at radius 3 is 2.73 bits per heavy atom. The molecule has 0 saturated heterocycles. The second-order valence-corrected chi connectivity index (χ2v) is 8.64. The number of aromatic nitrogens is 4. The Hall–Kier alpha value is -3.24. The third-order valence-electron chi connectivity index (χ3n) is 4.40. The highest BCUT2D eigenvalue weighted by molar-refractivity contribution is 7.86. The van der Waals surface area contributed by atoms with Crippen molar-refractivity contribution in [1.82, 2.24) is 19.7 Å². The van der Waals surface area contributed by atoms with E-state index in [1.807, 2.05) is 6.07 Å². The quantitative estimate of drug-likeness (QED) is 0.366. The van der Waals surface area contributed by atoms with Crippen molar-refractivity contribution < 1.29 is 12.6 Å². The average molecular weight is 447 g/mol. The highest BCUT2D eigenvalue weighted by Gasteiger charge is 2.20. The molecule has 4 aromatic rings. The zero-order chi connectivity index (χ0) is 21.5. The lowest BCUT2D eigenvalue weighted by Gasteiger charge is -2.11. The predicted molar refractivity (Wildman–Crippen MR) is 113 cm³/mol. The molecule has 0 bridgehead atoms. The Kier molecular flexibility index (Phi) is 5.04. The first-order valence-corrected chi connectivity index (χ1v) is 11.0. The topological polar surface area (TPSA) is 124 Å². The van der Waals surface area contributed by atoms with E-state index in [2.05, 4.69) is 15.1 Å². The first-order valence-electron chi connectivity index (χ1n) is 8.78. The molecule has 0 aliphatic rings. The Labute approximate surface area is 175 Å². The summed E-state index contributed by atoms with van der Waals surface area (Å²) >= 11 is 5.99. The number of aromatic amines is 1. The van der Waals surface area contributed by atoms with Gasteiger partial charge in [0.1, 0.15) is 10.9 Å². The van der Waals surface area contributed by atoms with Gasteiger partial charge >= 0.3 is 10.1 Å². The van der Waals surface area contributed by atoms with Crippen LogP contribution in [0.2, 0.25) is 5.02 Å². The molecule has 1 aromatic carbocycles. The minimum absolute atomic E-state index is 0.0959. The van der Waals surface area contributed by atoms with Crippen molar-refractivity contribution >= 4 is 43.5 Å². The average Bonchev–Trinajstić information content (AvgIpc) is 2.68. The summed E-state index contributed by atoms with van der Waals surface area (Å²) in [7, 11) is -3.98. The maximum Gasteiger partial charge on any atom is 0.307 e. The van der Waals surface area contributed by atoms with Gasteiger partial charge < -0.3 is 9.17 Å². The molecule has 0 radical (unpaired) electrons. The number of benzene rings is 1. The van der Waals surface area contributed by atoms with Crippen LogP contribution in [0.4, 0.5) is 0 Å². The summed E-state index contributed by atoms with van der Waals surface area (Å²) < 4.78 is 29.5. The van der Waals surface area contributed by atoms with Gasteiger partial charge in [-0.1, -0.05) is 17.7 Å². The summed E-state index contributed by atoms with van der Waals surface area (Å²) in [6.45, 7) is 0.0959. The number of aryl methyl sites for hydroxylation is 2. The first kappa shape index (κ1) is 20.0. The number of hydrogen-bond acceptors (Lipinski definition) is 7. The molecular formula is C19H15ClN4O5S. The van der Waals surface area contributed by atoms with Crippen LogP contribution >= 0.6 is 11.6 Å². The van der Waals surface area contributed by atoms with Gasteiger partial charge in [0.15, 0.2) is 0 Å². The lowest BCUT2D eigenvalue weighted by molar-refractivity contribution is 0.461. The number of rotatable bonds is 5. The molecule has 9 nitrogen and oxygen atoms in total. The molecule has 154 valence electrons. The van der Waals surface area contributed by atoms with Gasteiger partial charge in [-0.2, -0.15) is 8.42 Å². The summed E-state index contributed by atoms with van der Waals surface area (Å²) in [5, 5.41) is 4.40. The van der Waals surface area contributed by atoms with Crippen LogP contribution in [-0.2, 0) is 23.1 Å². The Balaban J connectivity index is 1.97. The van der Waals surface area contributed by atoms with Gasteiger partial charge in [-0.15, -0.1) is 5.10 Å². The number of halogens is 1. The number of nitrogens with one attached hydrogen (secondary N) is 1. The maximum absolute atomic E-state index is 13.0. The standard InChI is InChI=1S/C19H15ClN4O5S/c1-30(27,28)29-18-16-15(17(25)13-5-4-12(20)9-14(13)22-16)19(26)24(23-18)8-6-11-3-2-7-21-10-11/h2-5,7,9-10H,6,8H2,1H3,(H,22,25). The normalized spacial score (nSPS) is 11.8. The van der Waals surface area contributed by atoms with Crippen LogP contribution in [0.5, 0.6) is 5.88 Å². The highest BCUT2D eigenvalue weighted by Crippen LogP contribution is 2.22. The Bertz CT molecular complexity index is 1500. The molecule has 0 aliphatic heterocycles. The van der Waals surface area contributed by atoms with Crippen molar-refractivity contribution in [3.05, 3.63) is 73.9 Å². The molecule has 1 N–H and O–H groups in total. The summed E-state index contributed by atoms with van der Waals surface area (Å²) in [5.74, 6) is -0.391. The van der Waals surface area contributed by atoms with Gasteiger partial charge in [-0.25, -0.2) is 4.68 Å². The van der Waals surface area contributed by atoms with Gasteiger partial charge in [0, 0.05) is 29.3 Å². The molecule has 11 heteroatoms. The monoisotopic (exact) mass is 446 g/mol. The van der Waals surface area contributed by atoms with Crippen LogP contribution in [-0.4, -0.2) is 34.4 Å². The molecular weight excluding hydrogens is 432 g/mol. The molecule has 3 aromatic heterocycles. The first-order chi connectivity index (χ1) is 14.2. The van der Waals surface area contributed by atoms with E-state index in [1.165, 1.54) is 18.2 Å². The number of pyridine rings is 2. The minimum Gasteiger partial charge on any atom is -0.358 e. The molecule has 0 saturated carbocycles. The second-order valence-electron chi connectivity index (χ2n) is 6.63. The van der Waals surface area contributed by atoms with E-state index in [1.54, 1.807) is 18.5 Å². The highest BCUT2D eigenvalue weighted by atomic mass is 35.5. The number of nitrogens with zero attached hydrogens (tertiary/aromatic N) is 3. The zero-order valence-electron chi connectivity index (χ0n) is 15.6. The van der Waals surface area contributed by atoms with E-state index in [4.69, 9.17) is 15.8 Å². The van der Waals surface area contributed by atoms with Gasteiger partial charge in [-0.3, -0.25) is 14.6 Å². The largest absolute Gasteiger partial charge is 0.358 e. The van der Waals surface area contributed by atoms with Crippen LogP contribution in [0.25, 0.3) is 21.8 Å². The fourth-order valence-corrected chi connectivity index (χ4v) is 3.67. The number of hydrogen-bond donors (Lipinski definition) is 1. The third kappa shape index (κ3) is 3.91. The van der Waals surface area contributed by atoms with E-state index >= 15 is 0 Å². The van der Waals surface area contributed by atoms with Crippen LogP contribution in [0.1, 0.15) is 5.56 Å². The smallest absolute Gasteiger partial charge is 0.307 e. The third-order valence-corrected chi connectivity index (χ3v) is 5.10. The van der Waals surface area contributed by atoms with Crippen molar-refractivity contribution in [3.63, 3.8) is 0 Å². The molecule has 3 heterocycles. The summed E-state index contributed by atoms with van der Waals surface area (Å²) in [4.78, 5) is 33.0. The van der Waals surface area contributed by atoms with E-state index in [0.29, 0.717) is 17.0 Å². The molecule has 0 aliphatic carbocycles. The number of fused-ring (bicyclic) bond motifs is 2. The molecule has 0 amide bonds. The molecule has 0 spiro atoms. The lowest BCUT2D eigenvalue weighted by Crippen LogP contribution is -2.29. The van der Waals surface area contributed by atoms with Crippen molar-refractivity contribution in [2.75, 3.05) is 6.26 Å². The Morgan fingerprint density at radius 2 is 2.03 bits per heavy atom. The number of H-pyrrole nitrogens is 1. The minimum atomic E-state index is -3.98. The Morgan fingerprint density at radius 1 is 1.23 bits per heavy atom. The van der Waals surface area contributed by atoms with Crippen molar-refractivity contribution in [1.29, 1.82) is 0 Å². The SMILES string of the molecule is CS(=O)(=O)Oc1nn(CCc2cccnc2)c(=O)c2c(=O)c3ccc(Cl)cc3[nH]c12. The van der Waals surface area contributed by atoms with Crippen LogP contribution in [0.3, 0.4) is 0 Å². The van der Waals surface area contributed by atoms with Gasteiger partial charge in [-0.05, 0) is 36.2 Å². The molecule has 0 fully saturated rings. The fraction of sp³-hybridized carbons (Fsp3) is 0.158. The fourth-order valence-electron chi connectivity index (χ4n) is 3.10. The molecule has 4 rings (SSSR count). The lowest BCUT2D eigenvalue weighted by atomic mass is 10.1. The predicted octanol–water partition coefficient (Wildman–Crippen LogP) is 1.87. The van der Waals surface area contributed by atoms with Gasteiger partial charge in [0.2, 0.25) is 5.43 Å². The zero-order valence-corrected chi connectivity index (χ0v) is 17.2. The van der Waals surface area contributed by atoms with Gasteiger partial charge in [0.05, 0.1) is 11.8 Å². The molecule has 0 atom stereocenters. The van der Waals surface area contributed by atoms with Crippen molar-refractivity contribution in [3.8, 4) is 5.88 Å². The van der Waals surface area contributed by atoms with E-state index in [-0.39, 0.29) is 22.8 Å². The van der Waals surface area contributed by atoms with Crippen molar-refractivity contribution in [2.45, 2.75) is 13.0 Å². The van der Waals surface area contributed by atoms with E-state index < -0.39 is 27.0 Å². The summed E-state index contributed by atoms with van der Waals surface area (Å²) in [6, 6.07) is 8.10. The van der Waals surface area contributed by atoms with Crippen LogP contribution in [0.15, 0.2) is 52.3 Å². The molecule has 30 heavy (non-hydrogen) atoms. The van der Waals surface area contributed by atoms with E-state index in [9.17, 15) is 18.0 Å². The van der Waals surface area contributed by atoms with E-state index in [0.717, 1.165) is 16.5 Å². The second kappa shape index (κ2) is 7.54. The van der Waals surface area contributed by atoms with Crippen LogP contribution in [0, 0.1) is 0 Å². The van der Waals surface area contributed by atoms with Crippen LogP contribution < -0.4 is 15.2 Å². The summed E-state index contributed by atoms with van der Waals surface area (Å²) in [6.07, 6.45) is 4.51.